The van der Waals surface area contributed by atoms with Crippen molar-refractivity contribution >= 4 is 29.1 Å². The minimum Gasteiger partial charge on any atom is -0.497 e. The minimum atomic E-state index is -4.67. The van der Waals surface area contributed by atoms with E-state index in [4.69, 9.17) is 16.3 Å². The fraction of sp³-hybridized carbons (Fsp3) is 0.176. The molecule has 0 saturated heterocycles. The number of amides is 2. The van der Waals surface area contributed by atoms with Gasteiger partial charge in [-0.2, -0.15) is 13.2 Å². The Kier molecular flexibility index (Phi) is 6.10. The molecule has 0 aliphatic heterocycles. The molecule has 0 heterocycles. The molecular weight excluding hydrogens is 373 g/mol. The first kappa shape index (κ1) is 19.6. The van der Waals surface area contributed by atoms with Gasteiger partial charge < -0.3 is 15.4 Å². The number of alkyl halides is 3. The maximum absolute atomic E-state index is 12.8. The second kappa shape index (κ2) is 8.09. The van der Waals surface area contributed by atoms with Crippen LogP contribution in [0.1, 0.15) is 11.1 Å². The molecule has 2 N–H and O–H groups in total. The molecule has 26 heavy (non-hydrogen) atoms. The Morgan fingerprint density at radius 1 is 1.12 bits per heavy atom. The zero-order chi connectivity index (χ0) is 19.3. The van der Waals surface area contributed by atoms with Crippen molar-refractivity contribution in [2.45, 2.75) is 12.7 Å². The smallest absolute Gasteiger partial charge is 0.417 e. The topological polar surface area (TPSA) is 67.4 Å². The molecule has 2 rings (SSSR count). The molecule has 0 fully saturated rings. The number of rotatable bonds is 4. The molecule has 0 aliphatic rings. The number of nitrogens with one attached hydrogen (secondary N) is 2. The Morgan fingerprint density at radius 2 is 1.85 bits per heavy atom. The van der Waals surface area contributed by atoms with Crippen LogP contribution in [0.15, 0.2) is 42.5 Å². The monoisotopic (exact) mass is 386 g/mol. The number of carbonyl (C=O) groups excluding carboxylic acids is 2. The number of methoxy groups -OCH3 is 1. The highest BCUT2D eigenvalue weighted by molar-refractivity contribution is 6.39. The predicted octanol–water partition coefficient (Wildman–Crippen LogP) is 3.62. The Balaban J connectivity index is 2.00. The van der Waals surface area contributed by atoms with Crippen LogP contribution < -0.4 is 15.4 Å². The van der Waals surface area contributed by atoms with E-state index < -0.39 is 28.6 Å². The third kappa shape index (κ3) is 5.13. The van der Waals surface area contributed by atoms with E-state index >= 15 is 0 Å². The summed E-state index contributed by atoms with van der Waals surface area (Å²) in [6, 6.07) is 9.65. The molecule has 2 amide bonds. The highest BCUT2D eigenvalue weighted by Gasteiger charge is 2.33. The van der Waals surface area contributed by atoms with Crippen LogP contribution in [0.3, 0.4) is 0 Å². The highest BCUT2D eigenvalue weighted by Crippen LogP contribution is 2.36. The fourth-order valence-corrected chi connectivity index (χ4v) is 2.28. The molecule has 2 aromatic carbocycles. The van der Waals surface area contributed by atoms with Gasteiger partial charge in [-0.1, -0.05) is 23.7 Å². The Morgan fingerprint density at radius 3 is 2.50 bits per heavy atom. The van der Waals surface area contributed by atoms with Crippen LogP contribution in [0.5, 0.6) is 5.75 Å². The molecular formula is C17H14ClF3N2O3. The molecule has 138 valence electrons. The van der Waals surface area contributed by atoms with Crippen LogP contribution in [-0.2, 0) is 22.3 Å². The average Bonchev–Trinajstić information content (AvgIpc) is 2.60. The summed E-state index contributed by atoms with van der Waals surface area (Å²) in [7, 11) is 1.49. The first-order chi connectivity index (χ1) is 12.2. The average molecular weight is 387 g/mol. The number of anilines is 1. The summed E-state index contributed by atoms with van der Waals surface area (Å²) >= 11 is 5.50. The zero-order valence-electron chi connectivity index (χ0n) is 13.5. The summed E-state index contributed by atoms with van der Waals surface area (Å²) in [6.45, 7) is 0.0534. The van der Waals surface area contributed by atoms with Gasteiger partial charge in [0, 0.05) is 12.2 Å². The molecule has 0 unspecified atom stereocenters. The summed E-state index contributed by atoms with van der Waals surface area (Å²) < 4.78 is 43.5. The molecule has 2 aromatic rings. The molecule has 0 aromatic heterocycles. The van der Waals surface area contributed by atoms with Crippen molar-refractivity contribution in [1.82, 2.24) is 5.32 Å². The lowest BCUT2D eigenvalue weighted by Gasteiger charge is -2.12. The predicted molar refractivity (Wildman–Crippen MR) is 89.9 cm³/mol. The van der Waals surface area contributed by atoms with E-state index in [9.17, 15) is 22.8 Å². The quantitative estimate of drug-likeness (QED) is 0.789. The number of ether oxygens (including phenoxy) is 1. The summed E-state index contributed by atoms with van der Waals surface area (Å²) in [5, 5.41) is 3.98. The van der Waals surface area contributed by atoms with Crippen LogP contribution in [0, 0.1) is 0 Å². The first-order valence-corrected chi connectivity index (χ1v) is 7.67. The molecule has 0 saturated carbocycles. The van der Waals surface area contributed by atoms with Gasteiger partial charge in [0.15, 0.2) is 0 Å². The number of benzene rings is 2. The maximum atomic E-state index is 12.8. The van der Waals surface area contributed by atoms with E-state index in [-0.39, 0.29) is 12.2 Å². The van der Waals surface area contributed by atoms with E-state index in [2.05, 4.69) is 10.6 Å². The number of halogens is 4. The second-order valence-corrected chi connectivity index (χ2v) is 5.59. The summed E-state index contributed by atoms with van der Waals surface area (Å²) in [5.74, 6) is -1.50. The molecule has 9 heteroatoms. The van der Waals surface area contributed by atoms with Crippen molar-refractivity contribution in [3.05, 3.63) is 58.6 Å². The van der Waals surface area contributed by atoms with Crippen LogP contribution >= 0.6 is 11.6 Å². The van der Waals surface area contributed by atoms with Crippen LogP contribution in [0.25, 0.3) is 0 Å². The van der Waals surface area contributed by atoms with Crippen LogP contribution in [0.2, 0.25) is 5.02 Å². The van der Waals surface area contributed by atoms with Crippen molar-refractivity contribution in [2.75, 3.05) is 12.4 Å². The lowest BCUT2D eigenvalue weighted by atomic mass is 10.2. The van der Waals surface area contributed by atoms with Crippen LogP contribution in [-0.4, -0.2) is 18.9 Å². The van der Waals surface area contributed by atoms with Gasteiger partial charge in [0.1, 0.15) is 5.75 Å². The molecule has 0 radical (unpaired) electrons. The van der Waals surface area contributed by atoms with Crippen molar-refractivity contribution in [3.63, 3.8) is 0 Å². The third-order valence-electron chi connectivity index (χ3n) is 3.32. The number of carbonyl (C=O) groups is 2. The van der Waals surface area contributed by atoms with Gasteiger partial charge in [-0.25, -0.2) is 0 Å². The van der Waals surface area contributed by atoms with Gasteiger partial charge in [0.05, 0.1) is 17.7 Å². The Hall–Kier alpha value is -2.74. The molecule has 0 atom stereocenters. The van der Waals surface area contributed by atoms with Gasteiger partial charge >= 0.3 is 18.0 Å². The lowest BCUT2D eigenvalue weighted by molar-refractivity contribution is -0.137. The van der Waals surface area contributed by atoms with Crippen LogP contribution in [0.4, 0.5) is 18.9 Å². The standard InChI is InChI=1S/C17H14ClF3N2O3/c1-26-12-4-2-3-10(7-12)9-22-15(24)16(25)23-11-5-6-14(18)13(8-11)17(19,20)21/h2-8H,9H2,1H3,(H,22,24)(H,23,25). The van der Waals surface area contributed by atoms with Gasteiger partial charge in [-0.05, 0) is 35.9 Å². The first-order valence-electron chi connectivity index (χ1n) is 7.29. The van der Waals surface area contributed by atoms with E-state index in [0.29, 0.717) is 17.4 Å². The number of hydrogen-bond acceptors (Lipinski definition) is 3. The van der Waals surface area contributed by atoms with E-state index in [1.165, 1.54) is 13.2 Å². The summed E-state index contributed by atoms with van der Waals surface area (Å²) in [6.07, 6.45) is -4.67. The van der Waals surface area contributed by atoms with Gasteiger partial charge in [-0.3, -0.25) is 9.59 Å². The summed E-state index contributed by atoms with van der Waals surface area (Å²) in [5.41, 5.74) is -0.603. The van der Waals surface area contributed by atoms with Gasteiger partial charge in [0.2, 0.25) is 0 Å². The van der Waals surface area contributed by atoms with Crippen molar-refractivity contribution in [1.29, 1.82) is 0 Å². The van der Waals surface area contributed by atoms with Crippen molar-refractivity contribution in [3.8, 4) is 5.75 Å². The molecule has 0 aliphatic carbocycles. The fourth-order valence-electron chi connectivity index (χ4n) is 2.05. The van der Waals surface area contributed by atoms with E-state index in [0.717, 1.165) is 6.07 Å². The van der Waals surface area contributed by atoms with Crippen molar-refractivity contribution in [2.24, 2.45) is 0 Å². The SMILES string of the molecule is COc1cccc(CNC(=O)C(=O)Nc2ccc(Cl)c(C(F)(F)F)c2)c1. The highest BCUT2D eigenvalue weighted by atomic mass is 35.5. The Labute approximate surface area is 152 Å². The second-order valence-electron chi connectivity index (χ2n) is 5.18. The zero-order valence-corrected chi connectivity index (χ0v) is 14.2. The minimum absolute atomic E-state index is 0.0534. The van der Waals surface area contributed by atoms with E-state index in [1.54, 1.807) is 24.3 Å². The van der Waals surface area contributed by atoms with E-state index in [1.807, 2.05) is 0 Å². The third-order valence-corrected chi connectivity index (χ3v) is 3.65. The van der Waals surface area contributed by atoms with Crippen molar-refractivity contribution < 1.29 is 27.5 Å². The summed E-state index contributed by atoms with van der Waals surface area (Å²) in [4.78, 5) is 23.7. The number of hydrogen-bond donors (Lipinski definition) is 2. The molecule has 0 bridgehead atoms. The van der Waals surface area contributed by atoms with Gasteiger partial charge in [0.25, 0.3) is 0 Å². The maximum Gasteiger partial charge on any atom is 0.417 e. The largest absolute Gasteiger partial charge is 0.497 e. The lowest BCUT2D eigenvalue weighted by Crippen LogP contribution is -2.35. The molecule has 0 spiro atoms. The Bertz CT molecular complexity index is 825. The van der Waals surface area contributed by atoms with Gasteiger partial charge in [-0.15, -0.1) is 0 Å². The normalized spacial score (nSPS) is 11.0. The molecule has 5 nitrogen and oxygen atoms in total.